The number of sulfonamides is 1. The Morgan fingerprint density at radius 1 is 0.966 bits per heavy atom. The average molecular weight is 409 g/mol. The maximum Gasteiger partial charge on any atom is 0.240 e. The van der Waals surface area contributed by atoms with Gasteiger partial charge >= 0.3 is 0 Å². The fourth-order valence-electron chi connectivity index (χ4n) is 3.21. The van der Waals surface area contributed by atoms with Crippen molar-refractivity contribution in [2.75, 3.05) is 6.54 Å². The van der Waals surface area contributed by atoms with Gasteiger partial charge in [-0.1, -0.05) is 42.0 Å². The minimum Gasteiger partial charge on any atom is -0.323 e. The first-order valence-corrected chi connectivity index (χ1v) is 10.7. The zero-order chi connectivity index (χ0) is 20.4. The number of aromatic nitrogens is 2. The average Bonchev–Trinajstić information content (AvgIpc) is 3.07. The fraction of sp³-hybridized carbons (Fsp3) is 0.136. The highest BCUT2D eigenvalue weighted by Crippen LogP contribution is 2.25. The predicted octanol–water partition coefficient (Wildman–Crippen LogP) is 4.13. The molecule has 0 fully saturated rings. The fourth-order valence-corrected chi connectivity index (χ4v) is 4.23. The highest BCUT2D eigenvalue weighted by molar-refractivity contribution is 7.89. The summed E-state index contributed by atoms with van der Waals surface area (Å²) in [6, 6.07) is 20.6. The Morgan fingerprint density at radius 2 is 1.66 bits per heavy atom. The van der Waals surface area contributed by atoms with E-state index >= 15 is 0 Å². The van der Waals surface area contributed by atoms with Crippen molar-refractivity contribution in [3.63, 3.8) is 0 Å². The van der Waals surface area contributed by atoms with E-state index in [1.807, 2.05) is 60.0 Å². The van der Waals surface area contributed by atoms with Crippen molar-refractivity contribution in [1.82, 2.24) is 14.3 Å². The Hall–Kier alpha value is -3.03. The van der Waals surface area contributed by atoms with Crippen LogP contribution in [0.2, 0.25) is 0 Å². The second-order valence-electron chi connectivity index (χ2n) is 6.79. The summed E-state index contributed by atoms with van der Waals surface area (Å²) in [7, 11) is -3.72. The largest absolute Gasteiger partial charge is 0.323 e. The van der Waals surface area contributed by atoms with Gasteiger partial charge in [-0.3, -0.25) is 0 Å². The van der Waals surface area contributed by atoms with Crippen molar-refractivity contribution >= 4 is 21.1 Å². The summed E-state index contributed by atoms with van der Waals surface area (Å²) in [5.74, 6) is 0.309. The van der Waals surface area contributed by atoms with Crippen molar-refractivity contribution in [2.45, 2.75) is 18.4 Å². The van der Waals surface area contributed by atoms with Gasteiger partial charge in [0.2, 0.25) is 10.0 Å². The molecular formula is C22H20FN3O2S. The first-order chi connectivity index (χ1) is 13.9. The summed E-state index contributed by atoms with van der Waals surface area (Å²) < 4.78 is 42.6. The van der Waals surface area contributed by atoms with E-state index < -0.39 is 15.8 Å². The number of aryl methyl sites for hydroxylation is 1. The maximum atomic E-state index is 13.1. The van der Waals surface area contributed by atoms with E-state index in [1.54, 1.807) is 0 Å². The summed E-state index contributed by atoms with van der Waals surface area (Å²) >= 11 is 0. The van der Waals surface area contributed by atoms with Gasteiger partial charge < -0.3 is 4.57 Å². The van der Waals surface area contributed by atoms with E-state index in [0.717, 1.165) is 40.1 Å². The monoisotopic (exact) mass is 409 g/mol. The Bertz CT molecular complexity index is 1250. The molecule has 7 heteroatoms. The van der Waals surface area contributed by atoms with Gasteiger partial charge in [-0.15, -0.1) is 0 Å². The molecule has 0 radical (unpaired) electrons. The van der Waals surface area contributed by atoms with E-state index in [1.165, 1.54) is 12.1 Å². The van der Waals surface area contributed by atoms with E-state index in [2.05, 4.69) is 4.72 Å². The lowest BCUT2D eigenvalue weighted by Crippen LogP contribution is -2.27. The van der Waals surface area contributed by atoms with Crippen molar-refractivity contribution in [1.29, 1.82) is 0 Å². The van der Waals surface area contributed by atoms with Crippen molar-refractivity contribution in [3.05, 3.63) is 84.2 Å². The van der Waals surface area contributed by atoms with E-state index in [4.69, 9.17) is 4.98 Å². The number of para-hydroxylation sites is 2. The normalized spacial score (nSPS) is 11.8. The van der Waals surface area contributed by atoms with Gasteiger partial charge in [0.1, 0.15) is 11.6 Å². The molecular weight excluding hydrogens is 389 g/mol. The number of rotatable bonds is 6. The minimum absolute atomic E-state index is 0.0353. The molecule has 148 valence electrons. The van der Waals surface area contributed by atoms with Gasteiger partial charge in [-0.2, -0.15) is 0 Å². The lowest BCUT2D eigenvalue weighted by Gasteiger charge is -2.11. The molecule has 0 amide bonds. The van der Waals surface area contributed by atoms with Crippen LogP contribution in [0, 0.1) is 12.7 Å². The molecule has 0 aliphatic rings. The van der Waals surface area contributed by atoms with Gasteiger partial charge in [-0.05, 0) is 43.3 Å². The van der Waals surface area contributed by atoms with Gasteiger partial charge in [0.15, 0.2) is 0 Å². The van der Waals surface area contributed by atoms with Crippen molar-refractivity contribution in [3.8, 4) is 11.4 Å². The molecule has 1 N–H and O–H groups in total. The first-order valence-electron chi connectivity index (χ1n) is 9.21. The zero-order valence-corrected chi connectivity index (χ0v) is 16.7. The number of fused-ring (bicyclic) bond motifs is 1. The lowest BCUT2D eigenvalue weighted by atomic mass is 10.1. The van der Waals surface area contributed by atoms with Crippen LogP contribution in [0.4, 0.5) is 4.39 Å². The van der Waals surface area contributed by atoms with E-state index in [0.29, 0.717) is 6.54 Å². The molecule has 1 aromatic heterocycles. The van der Waals surface area contributed by atoms with Crippen molar-refractivity contribution in [2.24, 2.45) is 0 Å². The third-order valence-corrected chi connectivity index (χ3v) is 6.19. The van der Waals surface area contributed by atoms with Crippen LogP contribution in [0.5, 0.6) is 0 Å². The Labute approximate surface area is 168 Å². The van der Waals surface area contributed by atoms with Crippen LogP contribution in [0.25, 0.3) is 22.4 Å². The Morgan fingerprint density at radius 3 is 2.38 bits per heavy atom. The van der Waals surface area contributed by atoms with Crippen molar-refractivity contribution < 1.29 is 12.8 Å². The quantitative estimate of drug-likeness (QED) is 0.521. The zero-order valence-electron chi connectivity index (χ0n) is 15.8. The molecule has 0 saturated carbocycles. The SMILES string of the molecule is Cc1ccc(-c2nc3ccccc3n2CCNS(=O)(=O)c2ccc(F)cc2)cc1. The first kappa shape index (κ1) is 19.3. The van der Waals surface area contributed by atoms with Gasteiger partial charge in [0, 0.05) is 18.7 Å². The number of nitrogens with zero attached hydrogens (tertiary/aromatic N) is 2. The summed E-state index contributed by atoms with van der Waals surface area (Å²) in [5, 5.41) is 0. The smallest absolute Gasteiger partial charge is 0.240 e. The molecule has 0 spiro atoms. The highest BCUT2D eigenvalue weighted by Gasteiger charge is 2.16. The highest BCUT2D eigenvalue weighted by atomic mass is 32.2. The number of halogens is 1. The predicted molar refractivity (Wildman–Crippen MR) is 111 cm³/mol. The van der Waals surface area contributed by atoms with Gasteiger partial charge in [0.05, 0.1) is 15.9 Å². The molecule has 0 saturated heterocycles. The van der Waals surface area contributed by atoms with E-state index in [9.17, 15) is 12.8 Å². The molecule has 0 unspecified atom stereocenters. The minimum atomic E-state index is -3.72. The van der Waals surface area contributed by atoms with Gasteiger partial charge in [0.25, 0.3) is 0 Å². The summed E-state index contributed by atoms with van der Waals surface area (Å²) in [4.78, 5) is 4.77. The molecule has 3 aromatic carbocycles. The molecule has 0 bridgehead atoms. The molecule has 29 heavy (non-hydrogen) atoms. The third kappa shape index (κ3) is 4.06. The molecule has 5 nitrogen and oxygen atoms in total. The Kier molecular flexibility index (Phi) is 5.17. The topological polar surface area (TPSA) is 64.0 Å². The molecule has 1 heterocycles. The number of benzene rings is 3. The van der Waals surface area contributed by atoms with Crippen LogP contribution in [0.3, 0.4) is 0 Å². The standard InChI is InChI=1S/C22H20FN3O2S/c1-16-6-8-17(9-7-16)22-25-20-4-2-3-5-21(20)26(22)15-14-24-29(27,28)19-12-10-18(23)11-13-19/h2-13,24H,14-15H2,1H3. The second-order valence-corrected chi connectivity index (χ2v) is 8.56. The summed E-state index contributed by atoms with van der Waals surface area (Å²) in [6.07, 6.45) is 0. The molecule has 0 atom stereocenters. The van der Waals surface area contributed by atoms with Crippen LogP contribution < -0.4 is 4.72 Å². The lowest BCUT2D eigenvalue weighted by molar-refractivity contribution is 0.574. The van der Waals surface area contributed by atoms with Crippen LogP contribution in [-0.4, -0.2) is 24.5 Å². The summed E-state index contributed by atoms with van der Waals surface area (Å²) in [6.45, 7) is 2.61. The maximum absolute atomic E-state index is 13.1. The van der Waals surface area contributed by atoms with Crippen LogP contribution in [0.1, 0.15) is 5.56 Å². The number of hydrogen-bond acceptors (Lipinski definition) is 3. The van der Waals surface area contributed by atoms with Crippen LogP contribution in [0.15, 0.2) is 77.7 Å². The molecule has 4 rings (SSSR count). The second kappa shape index (κ2) is 7.77. The third-order valence-electron chi connectivity index (χ3n) is 4.72. The molecule has 0 aliphatic heterocycles. The summed E-state index contributed by atoms with van der Waals surface area (Å²) in [5.41, 5.74) is 3.91. The molecule has 0 aliphatic carbocycles. The Balaban J connectivity index is 1.61. The van der Waals surface area contributed by atoms with Crippen LogP contribution in [-0.2, 0) is 16.6 Å². The van der Waals surface area contributed by atoms with E-state index in [-0.39, 0.29) is 11.4 Å². The molecule has 4 aromatic rings. The number of nitrogens with one attached hydrogen (secondary N) is 1. The number of imidazole rings is 1. The van der Waals surface area contributed by atoms with Gasteiger partial charge in [-0.25, -0.2) is 22.5 Å². The number of hydrogen-bond donors (Lipinski definition) is 1. The van der Waals surface area contributed by atoms with Crippen LogP contribution >= 0.6 is 0 Å².